The lowest BCUT2D eigenvalue weighted by molar-refractivity contribution is 0.0924. The normalized spacial score (nSPS) is 16.2. The maximum absolute atomic E-state index is 12.1. The molecular weight excluding hydrogens is 294 g/mol. The highest BCUT2D eigenvalue weighted by Gasteiger charge is 2.26. The second-order valence-electron chi connectivity index (χ2n) is 5.94. The predicted molar refractivity (Wildman–Crippen MR) is 84.0 cm³/mol. The Bertz CT molecular complexity index is 700. The molecule has 2 N–H and O–H groups in total. The van der Waals surface area contributed by atoms with E-state index < -0.39 is 0 Å². The van der Waals surface area contributed by atoms with Crippen molar-refractivity contribution in [3.05, 3.63) is 47.5 Å². The molecular formula is C16H19N5O2. The van der Waals surface area contributed by atoms with Crippen LogP contribution >= 0.6 is 0 Å². The fourth-order valence-corrected chi connectivity index (χ4v) is 2.62. The fourth-order valence-electron chi connectivity index (χ4n) is 2.62. The van der Waals surface area contributed by atoms with Crippen LogP contribution in [0.3, 0.4) is 0 Å². The van der Waals surface area contributed by atoms with Gasteiger partial charge in [-0.05, 0) is 32.0 Å². The van der Waals surface area contributed by atoms with Crippen LogP contribution in [0.4, 0.5) is 0 Å². The first-order valence-corrected chi connectivity index (χ1v) is 7.61. The van der Waals surface area contributed by atoms with Crippen LogP contribution in [0.1, 0.15) is 40.4 Å². The quantitative estimate of drug-likeness (QED) is 0.872. The van der Waals surface area contributed by atoms with Crippen molar-refractivity contribution in [3.63, 3.8) is 0 Å². The number of hydrogen-bond acceptors (Lipinski definition) is 4. The molecule has 0 fully saturated rings. The van der Waals surface area contributed by atoms with Crippen molar-refractivity contribution in [1.82, 2.24) is 25.4 Å². The van der Waals surface area contributed by atoms with Gasteiger partial charge in [-0.25, -0.2) is 0 Å². The van der Waals surface area contributed by atoms with Gasteiger partial charge >= 0.3 is 0 Å². The summed E-state index contributed by atoms with van der Waals surface area (Å²) in [5.74, 6) is -0.291. The first-order chi connectivity index (χ1) is 11.0. The second kappa shape index (κ2) is 6.20. The SMILES string of the molecule is CC(C)NC(=O)c1cc2n(n1)C[C@@H](NC(=O)c1ccncc1)C2. The molecule has 0 aliphatic carbocycles. The van der Waals surface area contributed by atoms with Crippen LogP contribution in [0.2, 0.25) is 0 Å². The maximum Gasteiger partial charge on any atom is 0.271 e. The molecule has 2 aromatic heterocycles. The number of carbonyl (C=O) groups excluding carboxylic acids is 2. The van der Waals surface area contributed by atoms with Crippen molar-refractivity contribution in [3.8, 4) is 0 Å². The van der Waals surface area contributed by atoms with E-state index in [2.05, 4.69) is 20.7 Å². The zero-order valence-corrected chi connectivity index (χ0v) is 13.1. The lowest BCUT2D eigenvalue weighted by atomic mass is 10.1. The lowest BCUT2D eigenvalue weighted by Gasteiger charge is -2.11. The Kier molecular flexibility index (Phi) is 4.10. The van der Waals surface area contributed by atoms with Crippen molar-refractivity contribution < 1.29 is 9.59 Å². The number of hydrogen-bond donors (Lipinski definition) is 2. The standard InChI is InChI=1S/C16H19N5O2/c1-10(2)18-16(23)14-8-13-7-12(9-21(13)20-14)19-15(22)11-3-5-17-6-4-11/h3-6,8,10,12H,7,9H2,1-2H3,(H,18,23)(H,19,22)/t12-/m0/s1. The van der Waals surface area contributed by atoms with Gasteiger partial charge in [0.2, 0.25) is 0 Å². The Labute approximate surface area is 134 Å². The third-order valence-electron chi connectivity index (χ3n) is 3.64. The first kappa shape index (κ1) is 15.2. The molecule has 7 nitrogen and oxygen atoms in total. The van der Waals surface area contributed by atoms with Gasteiger partial charge in [-0.15, -0.1) is 0 Å². The summed E-state index contributed by atoms with van der Waals surface area (Å²) >= 11 is 0. The predicted octanol–water partition coefficient (Wildman–Crippen LogP) is 0.771. The Morgan fingerprint density at radius 1 is 1.26 bits per heavy atom. The highest BCUT2D eigenvalue weighted by Crippen LogP contribution is 2.16. The van der Waals surface area contributed by atoms with E-state index >= 15 is 0 Å². The summed E-state index contributed by atoms with van der Waals surface area (Å²) in [6.45, 7) is 4.39. The number of amides is 2. The average Bonchev–Trinajstić information content (AvgIpc) is 3.05. The zero-order chi connectivity index (χ0) is 16.4. The smallest absolute Gasteiger partial charge is 0.271 e. The van der Waals surface area contributed by atoms with Gasteiger partial charge in [-0.3, -0.25) is 19.3 Å². The van der Waals surface area contributed by atoms with Gasteiger partial charge in [0.05, 0.1) is 12.6 Å². The van der Waals surface area contributed by atoms with Crippen molar-refractivity contribution in [2.75, 3.05) is 0 Å². The van der Waals surface area contributed by atoms with Gasteiger partial charge in [0.15, 0.2) is 0 Å². The lowest BCUT2D eigenvalue weighted by Crippen LogP contribution is -2.36. The minimum Gasteiger partial charge on any atom is -0.348 e. The largest absolute Gasteiger partial charge is 0.348 e. The number of nitrogens with one attached hydrogen (secondary N) is 2. The fraction of sp³-hybridized carbons (Fsp3) is 0.375. The molecule has 1 atom stereocenters. The molecule has 0 bridgehead atoms. The molecule has 0 radical (unpaired) electrons. The molecule has 1 aliphatic rings. The molecule has 0 aromatic carbocycles. The second-order valence-corrected chi connectivity index (χ2v) is 5.94. The monoisotopic (exact) mass is 313 g/mol. The molecule has 0 saturated heterocycles. The van der Waals surface area contributed by atoms with Crippen LogP contribution < -0.4 is 10.6 Å². The van der Waals surface area contributed by atoms with Gasteiger partial charge in [-0.1, -0.05) is 0 Å². The molecule has 120 valence electrons. The van der Waals surface area contributed by atoms with Gasteiger partial charge in [-0.2, -0.15) is 5.10 Å². The summed E-state index contributed by atoms with van der Waals surface area (Å²) in [5, 5.41) is 10.1. The molecule has 7 heteroatoms. The Morgan fingerprint density at radius 2 is 2.00 bits per heavy atom. The van der Waals surface area contributed by atoms with Crippen LogP contribution in [0.15, 0.2) is 30.6 Å². The minimum absolute atomic E-state index is 0.0135. The summed E-state index contributed by atoms with van der Waals surface area (Å²) in [4.78, 5) is 28.0. The van der Waals surface area contributed by atoms with Crippen molar-refractivity contribution in [2.45, 2.75) is 38.9 Å². The van der Waals surface area contributed by atoms with E-state index in [1.807, 2.05) is 13.8 Å². The molecule has 3 rings (SSSR count). The maximum atomic E-state index is 12.1. The molecule has 0 saturated carbocycles. The van der Waals surface area contributed by atoms with Gasteiger partial charge in [0, 0.05) is 36.1 Å². The number of aromatic nitrogens is 3. The Balaban J connectivity index is 1.61. The molecule has 1 aliphatic heterocycles. The number of carbonyl (C=O) groups is 2. The molecule has 23 heavy (non-hydrogen) atoms. The number of fused-ring (bicyclic) bond motifs is 1. The van der Waals surface area contributed by atoms with Crippen LogP contribution in [0.25, 0.3) is 0 Å². The first-order valence-electron chi connectivity index (χ1n) is 7.61. The number of pyridine rings is 1. The van der Waals surface area contributed by atoms with Crippen LogP contribution in [0, 0.1) is 0 Å². The summed E-state index contributed by atoms with van der Waals surface area (Å²) in [6.07, 6.45) is 3.85. The summed E-state index contributed by atoms with van der Waals surface area (Å²) in [6, 6.07) is 5.21. The van der Waals surface area contributed by atoms with Crippen molar-refractivity contribution in [2.24, 2.45) is 0 Å². The minimum atomic E-state index is -0.167. The van der Waals surface area contributed by atoms with E-state index in [0.29, 0.717) is 24.2 Å². The third-order valence-corrected chi connectivity index (χ3v) is 3.64. The molecule has 2 amide bonds. The van der Waals surface area contributed by atoms with Crippen LogP contribution in [0.5, 0.6) is 0 Å². The van der Waals surface area contributed by atoms with Gasteiger partial charge < -0.3 is 10.6 Å². The van der Waals surface area contributed by atoms with E-state index in [4.69, 9.17) is 0 Å². The van der Waals surface area contributed by atoms with Crippen molar-refractivity contribution in [1.29, 1.82) is 0 Å². The van der Waals surface area contributed by atoms with E-state index in [1.165, 1.54) is 0 Å². The molecule has 2 aromatic rings. The van der Waals surface area contributed by atoms with Crippen LogP contribution in [-0.4, -0.2) is 38.7 Å². The van der Waals surface area contributed by atoms with E-state index in [9.17, 15) is 9.59 Å². The Morgan fingerprint density at radius 3 is 2.65 bits per heavy atom. The number of nitrogens with zero attached hydrogens (tertiary/aromatic N) is 3. The highest BCUT2D eigenvalue weighted by molar-refractivity contribution is 5.94. The Hall–Kier alpha value is -2.70. The number of rotatable bonds is 4. The molecule has 0 spiro atoms. The van der Waals surface area contributed by atoms with Gasteiger partial charge in [0.25, 0.3) is 11.8 Å². The van der Waals surface area contributed by atoms with Crippen LogP contribution in [-0.2, 0) is 13.0 Å². The molecule has 0 unspecified atom stereocenters. The average molecular weight is 313 g/mol. The summed E-state index contributed by atoms with van der Waals surface area (Å²) < 4.78 is 1.78. The molecule has 3 heterocycles. The zero-order valence-electron chi connectivity index (χ0n) is 13.1. The topological polar surface area (TPSA) is 88.9 Å². The van der Waals surface area contributed by atoms with Gasteiger partial charge in [0.1, 0.15) is 5.69 Å². The third kappa shape index (κ3) is 3.39. The van der Waals surface area contributed by atoms with E-state index in [1.54, 1.807) is 35.3 Å². The van der Waals surface area contributed by atoms with E-state index in [0.717, 1.165) is 5.69 Å². The summed E-state index contributed by atoms with van der Waals surface area (Å²) in [7, 11) is 0. The van der Waals surface area contributed by atoms with E-state index in [-0.39, 0.29) is 23.9 Å². The highest BCUT2D eigenvalue weighted by atomic mass is 16.2. The van der Waals surface area contributed by atoms with Crippen molar-refractivity contribution >= 4 is 11.8 Å². The summed E-state index contributed by atoms with van der Waals surface area (Å²) in [5.41, 5.74) is 1.97.